The summed E-state index contributed by atoms with van der Waals surface area (Å²) in [5.41, 5.74) is 1.20. The highest BCUT2D eigenvalue weighted by Crippen LogP contribution is 2.77. The van der Waals surface area contributed by atoms with Crippen LogP contribution in [0.15, 0.2) is 35.4 Å². The summed E-state index contributed by atoms with van der Waals surface area (Å²) >= 11 is 6.17. The molecule has 3 N–H and O–H groups in total. The van der Waals surface area contributed by atoms with Crippen molar-refractivity contribution in [3.8, 4) is 0 Å². The van der Waals surface area contributed by atoms with Crippen molar-refractivity contribution in [1.82, 2.24) is 4.90 Å². The van der Waals surface area contributed by atoms with Gasteiger partial charge >= 0.3 is 11.9 Å². The monoisotopic (exact) mass is 781 g/mol. The van der Waals surface area contributed by atoms with Crippen LogP contribution in [0.5, 0.6) is 0 Å². The molecule has 55 heavy (non-hydrogen) atoms. The van der Waals surface area contributed by atoms with Crippen LogP contribution in [0, 0.1) is 56.2 Å². The van der Waals surface area contributed by atoms with Crippen molar-refractivity contribution < 1.29 is 34.4 Å². The number of aliphatic carboxylic acids is 1. The normalized spacial score (nSPS) is 36.2. The number of carboxylic acid groups (broad SMARTS) is 1. The summed E-state index contributed by atoms with van der Waals surface area (Å²) in [5, 5.41) is 32.8. The summed E-state index contributed by atoms with van der Waals surface area (Å²) in [6.45, 7) is 20.9. The van der Waals surface area contributed by atoms with Gasteiger partial charge in [-0.15, -0.1) is 0 Å². The van der Waals surface area contributed by atoms with Crippen LogP contribution in [0.25, 0.3) is 0 Å². The summed E-state index contributed by atoms with van der Waals surface area (Å²) in [4.78, 5) is 41.2. The lowest BCUT2D eigenvalue weighted by Crippen LogP contribution is -2.66. The molecule has 6 rings (SSSR count). The number of nitrogens with zero attached hydrogens (tertiary/aromatic N) is 1. The van der Waals surface area contributed by atoms with E-state index in [1.165, 1.54) is 5.57 Å². The summed E-state index contributed by atoms with van der Waals surface area (Å²) in [5.74, 6) is -0.158. The van der Waals surface area contributed by atoms with Crippen molar-refractivity contribution in [3.63, 3.8) is 0 Å². The molecule has 4 saturated carbocycles. The number of aliphatic hydroxyl groups is 2. The Morgan fingerprint density at radius 3 is 2.24 bits per heavy atom. The molecular weight excluding hydrogens is 714 g/mol. The molecule has 0 saturated heterocycles. The molecule has 1 aromatic rings. The maximum atomic E-state index is 14.2. The lowest BCUT2D eigenvalue weighted by molar-refractivity contribution is -0.235. The summed E-state index contributed by atoms with van der Waals surface area (Å²) in [6.07, 6.45) is 6.76. The van der Waals surface area contributed by atoms with Gasteiger partial charge in [0.2, 0.25) is 0 Å². The van der Waals surface area contributed by atoms with E-state index in [9.17, 15) is 29.7 Å². The largest absolute Gasteiger partial charge is 0.481 e. The first kappa shape index (κ1) is 42.3. The van der Waals surface area contributed by atoms with E-state index < -0.39 is 28.9 Å². The van der Waals surface area contributed by atoms with Crippen LogP contribution in [0.3, 0.4) is 0 Å². The maximum Gasteiger partial charge on any atom is 0.309 e. The van der Waals surface area contributed by atoms with Gasteiger partial charge in [-0.05, 0) is 128 Å². The number of allylic oxidation sites excluding steroid dienone is 1. The van der Waals surface area contributed by atoms with E-state index >= 15 is 0 Å². The zero-order valence-corrected chi connectivity index (χ0v) is 35.7. The third kappa shape index (κ3) is 6.95. The fraction of sp³-hybridized carbons (Fsp3) is 0.761. The molecule has 1 aromatic carbocycles. The number of aliphatic hydroxyl groups excluding tert-OH is 2. The second-order valence-electron chi connectivity index (χ2n) is 20.7. The molecule has 0 aliphatic heterocycles. The predicted octanol–water partition coefficient (Wildman–Crippen LogP) is 8.89. The zero-order valence-electron chi connectivity index (χ0n) is 35.0. The van der Waals surface area contributed by atoms with Crippen molar-refractivity contribution in [1.29, 1.82) is 0 Å². The van der Waals surface area contributed by atoms with Crippen molar-refractivity contribution in [2.45, 2.75) is 145 Å². The van der Waals surface area contributed by atoms with Crippen LogP contribution in [0.4, 0.5) is 0 Å². The number of rotatable bonds is 12. The number of ketones is 1. The first-order valence-electron chi connectivity index (χ1n) is 21.0. The van der Waals surface area contributed by atoms with Crippen molar-refractivity contribution in [3.05, 3.63) is 46.0 Å². The molecule has 2 unspecified atom stereocenters. The number of carbonyl (C=O) groups excluding carboxylic acids is 2. The Hall–Kier alpha value is -2.26. The van der Waals surface area contributed by atoms with E-state index in [1.54, 1.807) is 13.8 Å². The predicted molar refractivity (Wildman–Crippen MR) is 215 cm³/mol. The van der Waals surface area contributed by atoms with Gasteiger partial charge in [0.15, 0.2) is 5.78 Å². The van der Waals surface area contributed by atoms with E-state index in [4.69, 9.17) is 16.3 Å². The van der Waals surface area contributed by atoms with Gasteiger partial charge in [0, 0.05) is 41.9 Å². The number of carbonyl (C=O) groups is 3. The Bertz CT molecular complexity index is 1680. The first-order valence-corrected chi connectivity index (χ1v) is 21.4. The fourth-order valence-corrected chi connectivity index (χ4v) is 13.7. The van der Waals surface area contributed by atoms with E-state index in [-0.39, 0.29) is 58.4 Å². The number of ether oxygens (including phenoxy) is 1. The molecule has 9 heteroatoms. The molecule has 5 aliphatic rings. The highest BCUT2D eigenvalue weighted by atomic mass is 35.5. The van der Waals surface area contributed by atoms with Crippen molar-refractivity contribution >= 4 is 29.3 Å². The third-order valence-electron chi connectivity index (χ3n) is 16.7. The molecule has 0 radical (unpaired) electrons. The summed E-state index contributed by atoms with van der Waals surface area (Å²) in [7, 11) is 0. The Labute approximate surface area is 334 Å². The fourth-order valence-electron chi connectivity index (χ4n) is 13.6. The Kier molecular flexibility index (Phi) is 11.4. The Morgan fingerprint density at radius 1 is 0.945 bits per heavy atom. The maximum absolute atomic E-state index is 14.2. The smallest absolute Gasteiger partial charge is 0.309 e. The van der Waals surface area contributed by atoms with Crippen LogP contribution >= 0.6 is 11.6 Å². The van der Waals surface area contributed by atoms with E-state index in [1.807, 2.05) is 24.3 Å². The lowest BCUT2D eigenvalue weighted by Gasteiger charge is -2.72. The lowest BCUT2D eigenvalue weighted by atomic mass is 9.33. The standard InChI is InChI=1S/C46H68ClNO7/c1-28(2)38-32(50)24-46(35(51)27-48(22-23-49)26-29-10-12-30(47)13-11-29)21-20-44(8)31(39(38)46)14-15-34-43(7)18-17-36(55-37(52)25-41(3,4)40(53)54)42(5,6)33(43)16-19-45(34,44)9/h10-13,28,31,33-36,49,51H,14-27H2,1-9H3,(H,53,54)/t31-,33+,34-,35?,36+,43+,44-,45-,46?/m1/s1. The number of hydrogen-bond acceptors (Lipinski definition) is 7. The van der Waals surface area contributed by atoms with Gasteiger partial charge in [-0.2, -0.15) is 0 Å². The number of Topliss-reactive ketones (excluding diaryl/α,β-unsaturated/α-hetero) is 1. The second kappa shape index (κ2) is 14.8. The molecule has 0 bridgehead atoms. The molecule has 8 nitrogen and oxygen atoms in total. The van der Waals surface area contributed by atoms with Gasteiger partial charge in [-0.3, -0.25) is 19.3 Å². The van der Waals surface area contributed by atoms with Crippen LogP contribution < -0.4 is 0 Å². The van der Waals surface area contributed by atoms with Gasteiger partial charge in [0.25, 0.3) is 0 Å². The highest BCUT2D eigenvalue weighted by Gasteiger charge is 2.71. The number of halogens is 1. The quantitative estimate of drug-likeness (QED) is 0.180. The van der Waals surface area contributed by atoms with Crippen LogP contribution in [-0.4, -0.2) is 69.8 Å². The topological polar surface area (TPSA) is 124 Å². The molecule has 0 heterocycles. The second-order valence-corrected chi connectivity index (χ2v) is 21.1. The van der Waals surface area contributed by atoms with Gasteiger partial charge in [-0.1, -0.05) is 77.8 Å². The summed E-state index contributed by atoms with van der Waals surface area (Å²) < 4.78 is 6.17. The van der Waals surface area contributed by atoms with E-state index in [0.29, 0.717) is 42.9 Å². The van der Waals surface area contributed by atoms with Crippen LogP contribution in [0.1, 0.15) is 132 Å². The number of fused-ring (bicyclic) bond motifs is 7. The van der Waals surface area contributed by atoms with E-state index in [0.717, 1.165) is 62.5 Å². The van der Waals surface area contributed by atoms with E-state index in [2.05, 4.69) is 53.4 Å². The third-order valence-corrected chi connectivity index (χ3v) is 16.9. The number of benzene rings is 1. The molecule has 0 spiro atoms. The number of carboxylic acids is 1. The minimum absolute atomic E-state index is 0.0155. The molecular formula is C46H68ClNO7. The Balaban J connectivity index is 1.28. The number of hydrogen-bond donors (Lipinski definition) is 3. The molecule has 0 amide bonds. The summed E-state index contributed by atoms with van der Waals surface area (Å²) in [6, 6.07) is 7.72. The van der Waals surface area contributed by atoms with Crippen molar-refractivity contribution in [2.24, 2.45) is 56.2 Å². The molecule has 9 atom stereocenters. The SMILES string of the molecule is CC(C)C1=C2[C@H]3CC[C@@H]4[C@@]5(C)CC[C@H](OC(=O)CC(C)(C)C(=O)O)C(C)(C)[C@@H]5CC[C@@]4(C)[C@]3(C)CCC2(C(O)CN(CCO)Cc2ccc(Cl)cc2)CC1=O. The first-order chi connectivity index (χ1) is 25.6. The average molecular weight is 783 g/mol. The van der Waals surface area contributed by atoms with Crippen LogP contribution in [-0.2, 0) is 25.7 Å². The molecule has 4 fully saturated rings. The van der Waals surface area contributed by atoms with Crippen molar-refractivity contribution in [2.75, 3.05) is 19.7 Å². The van der Waals surface area contributed by atoms with Gasteiger partial charge < -0.3 is 20.1 Å². The molecule has 5 aliphatic carbocycles. The van der Waals surface area contributed by atoms with Gasteiger partial charge in [0.05, 0.1) is 24.5 Å². The van der Waals surface area contributed by atoms with Gasteiger partial charge in [0.1, 0.15) is 6.10 Å². The Morgan fingerprint density at radius 2 is 1.62 bits per heavy atom. The van der Waals surface area contributed by atoms with Gasteiger partial charge in [-0.25, -0.2) is 0 Å². The highest BCUT2D eigenvalue weighted by molar-refractivity contribution is 6.30. The molecule has 306 valence electrons. The minimum atomic E-state index is -1.18. The van der Waals surface area contributed by atoms with Crippen LogP contribution in [0.2, 0.25) is 5.02 Å². The molecule has 0 aromatic heterocycles. The zero-order chi connectivity index (χ0) is 40.5. The average Bonchev–Trinajstić information content (AvgIpc) is 3.40. The minimum Gasteiger partial charge on any atom is -0.481 e. The number of esters is 1.